The van der Waals surface area contributed by atoms with Crippen molar-refractivity contribution in [3.8, 4) is 0 Å². The van der Waals surface area contributed by atoms with Gasteiger partial charge in [-0.1, -0.05) is 0 Å². The summed E-state index contributed by atoms with van der Waals surface area (Å²) in [5.41, 5.74) is 0. The molecule has 0 amide bonds. The third kappa shape index (κ3) is 1.76. The number of rotatable bonds is 2. The highest BCUT2D eigenvalue weighted by molar-refractivity contribution is 7.13. The van der Waals surface area contributed by atoms with E-state index in [0.29, 0.717) is 11.3 Å². The largest absolute Gasteiger partial charge is 0.464 e. The molecule has 1 rings (SSSR count). The quantitative estimate of drug-likeness (QED) is 0.673. The summed E-state index contributed by atoms with van der Waals surface area (Å²) in [4.78, 5) is 14.0. The van der Waals surface area contributed by atoms with Crippen LogP contribution in [0.15, 0.2) is 6.20 Å². The molecule has 3 nitrogen and oxygen atoms in total. The van der Waals surface area contributed by atoms with Crippen molar-refractivity contribution in [2.45, 2.75) is 6.43 Å². The fourth-order valence-electron chi connectivity index (χ4n) is 0.569. The van der Waals surface area contributed by atoms with Crippen LogP contribution in [-0.2, 0) is 4.74 Å². The van der Waals surface area contributed by atoms with Crippen molar-refractivity contribution in [3.63, 3.8) is 0 Å². The number of nitrogens with zero attached hydrogens (tertiary/aromatic N) is 1. The number of hydrogen-bond acceptors (Lipinski definition) is 4. The average molecular weight is 193 g/mol. The van der Waals surface area contributed by atoms with Crippen molar-refractivity contribution in [1.82, 2.24) is 4.98 Å². The summed E-state index contributed by atoms with van der Waals surface area (Å²) in [6.45, 7) is 0. The van der Waals surface area contributed by atoms with E-state index in [4.69, 9.17) is 0 Å². The molecule has 0 aromatic carbocycles. The number of ether oxygens (including phenoxy) is 1. The van der Waals surface area contributed by atoms with Crippen molar-refractivity contribution >= 4 is 17.3 Å². The predicted octanol–water partition coefficient (Wildman–Crippen LogP) is 1.87. The lowest BCUT2D eigenvalue weighted by Crippen LogP contribution is -1.98. The highest BCUT2D eigenvalue weighted by Crippen LogP contribution is 2.24. The third-order valence-corrected chi connectivity index (χ3v) is 2.08. The zero-order valence-corrected chi connectivity index (χ0v) is 6.90. The number of hydrogen-bond donors (Lipinski definition) is 0. The van der Waals surface area contributed by atoms with Gasteiger partial charge in [-0.25, -0.2) is 18.6 Å². The zero-order chi connectivity index (χ0) is 9.14. The molecule has 1 aromatic rings. The van der Waals surface area contributed by atoms with E-state index in [0.717, 1.165) is 6.20 Å². The lowest BCUT2D eigenvalue weighted by atomic mass is 10.6. The van der Waals surface area contributed by atoms with Gasteiger partial charge in [0.25, 0.3) is 6.43 Å². The smallest absolute Gasteiger partial charge is 0.367 e. The highest BCUT2D eigenvalue weighted by atomic mass is 32.1. The van der Waals surface area contributed by atoms with Crippen LogP contribution in [0.2, 0.25) is 0 Å². The summed E-state index contributed by atoms with van der Waals surface area (Å²) < 4.78 is 28.2. The standard InChI is InChI=1S/C6H5F2NO2S/c1-11-6(10)5-9-2-3(12-5)4(7)8/h2,4H,1H3. The maximum atomic E-state index is 12.0. The molecule has 0 aliphatic carbocycles. The van der Waals surface area contributed by atoms with Gasteiger partial charge in [0, 0.05) is 6.20 Å². The summed E-state index contributed by atoms with van der Waals surface area (Å²) in [5, 5.41) is -0.0483. The molecule has 12 heavy (non-hydrogen) atoms. The lowest BCUT2D eigenvalue weighted by molar-refractivity contribution is 0.0600. The number of halogens is 2. The second-order valence-corrected chi connectivity index (χ2v) is 2.92. The van der Waals surface area contributed by atoms with E-state index >= 15 is 0 Å². The molecule has 0 bridgehead atoms. The van der Waals surface area contributed by atoms with Gasteiger partial charge in [0.1, 0.15) is 0 Å². The van der Waals surface area contributed by atoms with E-state index in [9.17, 15) is 13.6 Å². The van der Waals surface area contributed by atoms with Crippen molar-refractivity contribution < 1.29 is 18.3 Å². The first kappa shape index (κ1) is 9.05. The van der Waals surface area contributed by atoms with E-state index in [-0.39, 0.29) is 9.88 Å². The Morgan fingerprint density at radius 2 is 2.42 bits per heavy atom. The molecule has 0 atom stereocenters. The van der Waals surface area contributed by atoms with Gasteiger partial charge < -0.3 is 4.74 Å². The fraction of sp³-hybridized carbons (Fsp3) is 0.333. The van der Waals surface area contributed by atoms with Crippen molar-refractivity contribution in [1.29, 1.82) is 0 Å². The summed E-state index contributed by atoms with van der Waals surface area (Å²) in [7, 11) is 1.17. The van der Waals surface area contributed by atoms with Gasteiger partial charge in [-0.3, -0.25) is 0 Å². The minimum Gasteiger partial charge on any atom is -0.464 e. The van der Waals surface area contributed by atoms with Gasteiger partial charge in [0.15, 0.2) is 0 Å². The fourth-order valence-corrected chi connectivity index (χ4v) is 1.26. The predicted molar refractivity (Wildman–Crippen MR) is 38.4 cm³/mol. The molecule has 66 valence electrons. The van der Waals surface area contributed by atoms with Crippen LogP contribution in [0.25, 0.3) is 0 Å². The van der Waals surface area contributed by atoms with Crippen molar-refractivity contribution in [3.05, 3.63) is 16.1 Å². The summed E-state index contributed by atoms with van der Waals surface area (Å²) in [6.07, 6.45) is -1.61. The Bertz CT molecular complexity index is 287. The molecule has 0 aliphatic rings. The Kier molecular flexibility index (Phi) is 2.69. The molecular formula is C6H5F2NO2S. The van der Waals surface area contributed by atoms with Crippen LogP contribution in [-0.4, -0.2) is 18.1 Å². The lowest BCUT2D eigenvalue weighted by Gasteiger charge is -1.90. The van der Waals surface area contributed by atoms with Crippen LogP contribution >= 0.6 is 11.3 Å². The minimum absolute atomic E-state index is 0.0483. The molecule has 6 heteroatoms. The molecule has 0 radical (unpaired) electrons. The Morgan fingerprint density at radius 3 is 2.83 bits per heavy atom. The Morgan fingerprint density at radius 1 is 1.75 bits per heavy atom. The van der Waals surface area contributed by atoms with Crippen LogP contribution in [0, 0.1) is 0 Å². The van der Waals surface area contributed by atoms with E-state index < -0.39 is 12.4 Å². The molecule has 0 N–H and O–H groups in total. The van der Waals surface area contributed by atoms with E-state index in [2.05, 4.69) is 9.72 Å². The van der Waals surface area contributed by atoms with E-state index in [1.165, 1.54) is 7.11 Å². The number of carbonyl (C=O) groups excluding carboxylic acids is 1. The summed E-state index contributed by atoms with van der Waals surface area (Å²) in [6, 6.07) is 0. The second-order valence-electron chi connectivity index (χ2n) is 1.86. The topological polar surface area (TPSA) is 39.2 Å². The van der Waals surface area contributed by atoms with Crippen LogP contribution in [0.5, 0.6) is 0 Å². The Labute approximate surface area is 71.0 Å². The van der Waals surface area contributed by atoms with E-state index in [1.807, 2.05) is 0 Å². The zero-order valence-electron chi connectivity index (χ0n) is 6.08. The SMILES string of the molecule is COC(=O)c1ncc(C(F)F)s1. The molecule has 0 aliphatic heterocycles. The first-order chi connectivity index (χ1) is 5.65. The van der Waals surface area contributed by atoms with Gasteiger partial charge >= 0.3 is 5.97 Å². The number of carbonyl (C=O) groups is 1. The number of thiazole rings is 1. The first-order valence-electron chi connectivity index (χ1n) is 2.97. The molecule has 1 aromatic heterocycles. The van der Waals surface area contributed by atoms with Crippen LogP contribution < -0.4 is 0 Å². The molecular weight excluding hydrogens is 188 g/mol. The molecule has 0 fully saturated rings. The summed E-state index contributed by atoms with van der Waals surface area (Å²) in [5.74, 6) is -0.688. The number of esters is 1. The molecule has 0 unspecified atom stereocenters. The Hall–Kier alpha value is -1.04. The van der Waals surface area contributed by atoms with Gasteiger partial charge in [0.05, 0.1) is 12.0 Å². The molecule has 0 spiro atoms. The van der Waals surface area contributed by atoms with Gasteiger partial charge in [-0.05, 0) is 0 Å². The molecule has 1 heterocycles. The average Bonchev–Trinajstić information content (AvgIpc) is 2.51. The minimum atomic E-state index is -2.58. The van der Waals surface area contributed by atoms with Gasteiger partial charge in [-0.15, -0.1) is 11.3 Å². The monoisotopic (exact) mass is 193 g/mol. The third-order valence-electron chi connectivity index (χ3n) is 1.10. The van der Waals surface area contributed by atoms with Crippen molar-refractivity contribution in [2.24, 2.45) is 0 Å². The Balaban J connectivity index is 2.84. The van der Waals surface area contributed by atoms with E-state index in [1.54, 1.807) is 0 Å². The van der Waals surface area contributed by atoms with Crippen LogP contribution in [0.3, 0.4) is 0 Å². The van der Waals surface area contributed by atoms with Gasteiger partial charge in [-0.2, -0.15) is 0 Å². The van der Waals surface area contributed by atoms with Gasteiger partial charge in [0.2, 0.25) is 5.01 Å². The van der Waals surface area contributed by atoms with Crippen molar-refractivity contribution in [2.75, 3.05) is 7.11 Å². The normalized spacial score (nSPS) is 10.3. The maximum Gasteiger partial charge on any atom is 0.367 e. The number of methoxy groups -OCH3 is 1. The number of alkyl halides is 2. The van der Waals surface area contributed by atoms with Crippen LogP contribution in [0.4, 0.5) is 8.78 Å². The highest BCUT2D eigenvalue weighted by Gasteiger charge is 2.16. The first-order valence-corrected chi connectivity index (χ1v) is 3.79. The molecule has 0 saturated carbocycles. The summed E-state index contributed by atoms with van der Waals surface area (Å²) >= 11 is 0.638. The van der Waals surface area contributed by atoms with Crippen LogP contribution in [0.1, 0.15) is 21.1 Å². The number of aromatic nitrogens is 1. The second kappa shape index (κ2) is 3.57. The maximum absolute atomic E-state index is 12.0. The molecule has 0 saturated heterocycles.